The van der Waals surface area contributed by atoms with Gasteiger partial charge in [-0.3, -0.25) is 14.4 Å². The van der Waals surface area contributed by atoms with Crippen molar-refractivity contribution in [2.24, 2.45) is 5.92 Å². The first-order valence-corrected chi connectivity index (χ1v) is 8.75. The van der Waals surface area contributed by atoms with Gasteiger partial charge in [0.25, 0.3) is 0 Å². The van der Waals surface area contributed by atoms with Gasteiger partial charge in [-0.25, -0.2) is 0 Å². The van der Waals surface area contributed by atoms with Gasteiger partial charge in [0.15, 0.2) is 0 Å². The van der Waals surface area contributed by atoms with Gasteiger partial charge >= 0.3 is 0 Å². The lowest BCUT2D eigenvalue weighted by atomic mass is 10.1. The van der Waals surface area contributed by atoms with E-state index in [1.807, 2.05) is 15.8 Å². The molecule has 1 aromatic rings. The molecule has 0 N–H and O–H groups in total. The Morgan fingerprint density at radius 3 is 2.91 bits per heavy atom. The Labute approximate surface area is 138 Å². The van der Waals surface area contributed by atoms with Gasteiger partial charge in [-0.2, -0.15) is 5.10 Å². The highest BCUT2D eigenvalue weighted by atomic mass is 16.5. The summed E-state index contributed by atoms with van der Waals surface area (Å²) in [7, 11) is 0. The smallest absolute Gasteiger partial charge is 0.228 e. The number of aromatic nitrogens is 2. The number of rotatable bonds is 4. The van der Waals surface area contributed by atoms with Crippen molar-refractivity contribution in [3.8, 4) is 0 Å². The minimum atomic E-state index is 0.0887. The molecule has 23 heavy (non-hydrogen) atoms. The third kappa shape index (κ3) is 4.12. The van der Waals surface area contributed by atoms with E-state index < -0.39 is 0 Å². The van der Waals surface area contributed by atoms with E-state index in [9.17, 15) is 4.79 Å². The van der Waals surface area contributed by atoms with Crippen molar-refractivity contribution in [2.45, 2.75) is 39.3 Å². The van der Waals surface area contributed by atoms with Gasteiger partial charge in [0.1, 0.15) is 0 Å². The summed E-state index contributed by atoms with van der Waals surface area (Å²) in [6.07, 6.45) is 6.02. The monoisotopic (exact) mass is 320 g/mol. The standard InChI is InChI=1S/C17H28N4O2/c1-14(2)21-12-15(10-18-21)11-19-5-3-6-20(8-7-19)17(22)16-4-9-23-13-16/h10,12,14,16H,3-9,11,13H2,1-2H3/t16-/m1/s1. The Morgan fingerprint density at radius 1 is 1.35 bits per heavy atom. The SMILES string of the molecule is CC(C)n1cc(CN2CCCN(C(=O)[C@@H]3CCOC3)CC2)cn1. The summed E-state index contributed by atoms with van der Waals surface area (Å²) in [6.45, 7) is 10.2. The van der Waals surface area contributed by atoms with Crippen LogP contribution in [-0.2, 0) is 16.1 Å². The van der Waals surface area contributed by atoms with Crippen LogP contribution in [-0.4, -0.2) is 64.9 Å². The maximum atomic E-state index is 12.5. The molecular formula is C17H28N4O2. The van der Waals surface area contributed by atoms with Crippen LogP contribution in [0.4, 0.5) is 0 Å². The molecule has 3 heterocycles. The van der Waals surface area contributed by atoms with Gasteiger partial charge in [0, 0.05) is 57.1 Å². The first kappa shape index (κ1) is 16.5. The van der Waals surface area contributed by atoms with E-state index >= 15 is 0 Å². The number of hydrogen-bond acceptors (Lipinski definition) is 4. The maximum absolute atomic E-state index is 12.5. The molecule has 0 unspecified atom stereocenters. The number of amides is 1. The van der Waals surface area contributed by atoms with Crippen LogP contribution < -0.4 is 0 Å². The van der Waals surface area contributed by atoms with E-state index in [4.69, 9.17) is 4.74 Å². The van der Waals surface area contributed by atoms with E-state index in [0.29, 0.717) is 12.6 Å². The predicted octanol–water partition coefficient (Wildman–Crippen LogP) is 1.53. The molecule has 2 saturated heterocycles. The summed E-state index contributed by atoms with van der Waals surface area (Å²) in [4.78, 5) is 17.0. The Balaban J connectivity index is 1.52. The van der Waals surface area contributed by atoms with Gasteiger partial charge < -0.3 is 9.64 Å². The minimum absolute atomic E-state index is 0.0887. The lowest BCUT2D eigenvalue weighted by molar-refractivity contribution is -0.135. The lowest BCUT2D eigenvalue weighted by Crippen LogP contribution is -2.39. The van der Waals surface area contributed by atoms with E-state index in [2.05, 4.69) is 30.0 Å². The average molecular weight is 320 g/mol. The Hall–Kier alpha value is -1.40. The molecule has 3 rings (SSSR count). The van der Waals surface area contributed by atoms with Crippen molar-refractivity contribution in [1.82, 2.24) is 19.6 Å². The summed E-state index contributed by atoms with van der Waals surface area (Å²) in [5, 5.41) is 4.41. The molecule has 0 aliphatic carbocycles. The summed E-state index contributed by atoms with van der Waals surface area (Å²) < 4.78 is 7.36. The topological polar surface area (TPSA) is 50.6 Å². The fourth-order valence-corrected chi connectivity index (χ4v) is 3.34. The predicted molar refractivity (Wildman–Crippen MR) is 88.0 cm³/mol. The van der Waals surface area contributed by atoms with Crippen LogP contribution in [0.25, 0.3) is 0 Å². The summed E-state index contributed by atoms with van der Waals surface area (Å²) in [5.74, 6) is 0.378. The molecule has 6 heteroatoms. The second-order valence-electron chi connectivity index (χ2n) is 6.94. The zero-order valence-corrected chi connectivity index (χ0v) is 14.3. The fourth-order valence-electron chi connectivity index (χ4n) is 3.34. The van der Waals surface area contributed by atoms with Gasteiger partial charge in [0.05, 0.1) is 18.7 Å². The largest absolute Gasteiger partial charge is 0.381 e. The van der Waals surface area contributed by atoms with E-state index in [1.54, 1.807) is 0 Å². The van der Waals surface area contributed by atoms with E-state index in [0.717, 1.165) is 52.2 Å². The van der Waals surface area contributed by atoms with Gasteiger partial charge in [0.2, 0.25) is 5.91 Å². The van der Waals surface area contributed by atoms with Crippen molar-refractivity contribution in [3.05, 3.63) is 18.0 Å². The molecule has 2 aliphatic heterocycles. The third-order valence-corrected chi connectivity index (χ3v) is 4.77. The molecule has 0 saturated carbocycles. The van der Waals surface area contributed by atoms with Gasteiger partial charge in [-0.15, -0.1) is 0 Å². The highest BCUT2D eigenvalue weighted by molar-refractivity contribution is 5.79. The molecular weight excluding hydrogens is 292 g/mol. The van der Waals surface area contributed by atoms with Gasteiger partial charge in [-0.1, -0.05) is 0 Å². The number of ether oxygens (including phenoxy) is 1. The molecule has 0 spiro atoms. The molecule has 2 aliphatic rings. The first-order chi connectivity index (χ1) is 11.1. The van der Waals surface area contributed by atoms with Crippen LogP contribution >= 0.6 is 0 Å². The van der Waals surface area contributed by atoms with Crippen LogP contribution in [0.15, 0.2) is 12.4 Å². The molecule has 2 fully saturated rings. The summed E-state index contributed by atoms with van der Waals surface area (Å²) >= 11 is 0. The highest BCUT2D eigenvalue weighted by Crippen LogP contribution is 2.17. The number of carbonyl (C=O) groups is 1. The fraction of sp³-hybridized carbons (Fsp3) is 0.765. The van der Waals surface area contributed by atoms with Crippen LogP contribution in [0, 0.1) is 5.92 Å². The second kappa shape index (κ2) is 7.45. The van der Waals surface area contributed by atoms with Gasteiger partial charge in [-0.05, 0) is 26.7 Å². The van der Waals surface area contributed by atoms with E-state index in [-0.39, 0.29) is 11.8 Å². The lowest BCUT2D eigenvalue weighted by Gasteiger charge is -2.24. The van der Waals surface area contributed by atoms with Crippen LogP contribution in [0.2, 0.25) is 0 Å². The minimum Gasteiger partial charge on any atom is -0.381 e. The zero-order chi connectivity index (χ0) is 16.2. The van der Waals surface area contributed by atoms with Crippen LogP contribution in [0.1, 0.15) is 38.3 Å². The molecule has 1 amide bonds. The third-order valence-electron chi connectivity index (χ3n) is 4.77. The summed E-state index contributed by atoms with van der Waals surface area (Å²) in [6, 6.07) is 0.398. The number of carbonyl (C=O) groups excluding carboxylic acids is 1. The Bertz CT molecular complexity index is 522. The molecule has 128 valence electrons. The molecule has 1 aromatic heterocycles. The number of hydrogen-bond donors (Lipinski definition) is 0. The quantitative estimate of drug-likeness (QED) is 0.844. The Morgan fingerprint density at radius 2 is 2.22 bits per heavy atom. The summed E-state index contributed by atoms with van der Waals surface area (Å²) in [5.41, 5.74) is 1.25. The molecule has 1 atom stereocenters. The van der Waals surface area contributed by atoms with Crippen LogP contribution in [0.3, 0.4) is 0 Å². The molecule has 6 nitrogen and oxygen atoms in total. The van der Waals surface area contributed by atoms with Crippen LogP contribution in [0.5, 0.6) is 0 Å². The normalized spacial score (nSPS) is 23.4. The Kier molecular flexibility index (Phi) is 5.33. The highest BCUT2D eigenvalue weighted by Gasteiger charge is 2.29. The molecule has 0 aromatic carbocycles. The average Bonchev–Trinajstić information content (AvgIpc) is 3.16. The number of nitrogens with zero attached hydrogens (tertiary/aromatic N) is 4. The van der Waals surface area contributed by atoms with Crippen molar-refractivity contribution in [2.75, 3.05) is 39.4 Å². The molecule has 0 radical (unpaired) electrons. The zero-order valence-electron chi connectivity index (χ0n) is 14.3. The van der Waals surface area contributed by atoms with Crippen molar-refractivity contribution >= 4 is 5.91 Å². The van der Waals surface area contributed by atoms with Crippen molar-refractivity contribution < 1.29 is 9.53 Å². The van der Waals surface area contributed by atoms with Crippen molar-refractivity contribution in [3.63, 3.8) is 0 Å². The molecule has 0 bridgehead atoms. The first-order valence-electron chi connectivity index (χ1n) is 8.75. The van der Waals surface area contributed by atoms with Crippen molar-refractivity contribution in [1.29, 1.82) is 0 Å². The van der Waals surface area contributed by atoms with E-state index in [1.165, 1.54) is 5.56 Å². The second-order valence-corrected chi connectivity index (χ2v) is 6.94. The maximum Gasteiger partial charge on any atom is 0.228 e.